The molecule has 0 saturated heterocycles. The van der Waals surface area contributed by atoms with Gasteiger partial charge in [-0.2, -0.15) is 5.10 Å². The van der Waals surface area contributed by atoms with Crippen LogP contribution in [0.3, 0.4) is 0 Å². The van der Waals surface area contributed by atoms with E-state index in [1.165, 1.54) is 0 Å². The lowest BCUT2D eigenvalue weighted by Gasteiger charge is -2.16. The minimum atomic E-state index is 0.122. The monoisotopic (exact) mass is 319 g/mol. The standard InChI is InChI=1S/C17H22ClN3O/c1-13(2)21-12-15(10-19-21)11-20(3)17(22)8-7-14-5-4-6-16(18)9-14/h4-6,9-10,12-13H,7-8,11H2,1-3H3. The second kappa shape index (κ2) is 7.45. The second-order valence-corrected chi connectivity index (χ2v) is 6.24. The van der Waals surface area contributed by atoms with Crippen LogP contribution in [-0.4, -0.2) is 27.6 Å². The third-order valence-corrected chi connectivity index (χ3v) is 3.78. The van der Waals surface area contributed by atoms with Crippen LogP contribution in [0.15, 0.2) is 36.7 Å². The van der Waals surface area contributed by atoms with Gasteiger partial charge in [-0.3, -0.25) is 9.48 Å². The lowest BCUT2D eigenvalue weighted by Crippen LogP contribution is -2.26. The largest absolute Gasteiger partial charge is 0.341 e. The average Bonchev–Trinajstić information content (AvgIpc) is 2.93. The summed E-state index contributed by atoms with van der Waals surface area (Å²) >= 11 is 5.95. The van der Waals surface area contributed by atoms with Crippen LogP contribution in [0.4, 0.5) is 0 Å². The Hall–Kier alpha value is -1.81. The normalized spacial score (nSPS) is 11.0. The van der Waals surface area contributed by atoms with Crippen LogP contribution >= 0.6 is 11.6 Å². The molecule has 0 N–H and O–H groups in total. The van der Waals surface area contributed by atoms with Crippen molar-refractivity contribution in [3.8, 4) is 0 Å². The van der Waals surface area contributed by atoms with E-state index < -0.39 is 0 Å². The third-order valence-electron chi connectivity index (χ3n) is 3.55. The zero-order valence-corrected chi connectivity index (χ0v) is 14.0. The number of rotatable bonds is 6. The molecule has 0 spiro atoms. The zero-order valence-electron chi connectivity index (χ0n) is 13.3. The molecule has 0 aliphatic heterocycles. The molecule has 0 aliphatic carbocycles. The van der Waals surface area contributed by atoms with Crippen molar-refractivity contribution < 1.29 is 4.79 Å². The van der Waals surface area contributed by atoms with E-state index in [1.807, 2.05) is 48.4 Å². The highest BCUT2D eigenvalue weighted by Crippen LogP contribution is 2.13. The average molecular weight is 320 g/mol. The Morgan fingerprint density at radius 3 is 2.77 bits per heavy atom. The zero-order chi connectivity index (χ0) is 16.1. The van der Waals surface area contributed by atoms with E-state index in [2.05, 4.69) is 18.9 Å². The number of carbonyl (C=O) groups is 1. The predicted molar refractivity (Wildman–Crippen MR) is 88.9 cm³/mol. The molecule has 1 amide bonds. The van der Waals surface area contributed by atoms with Gasteiger partial charge in [-0.05, 0) is 38.0 Å². The van der Waals surface area contributed by atoms with Gasteiger partial charge in [-0.1, -0.05) is 23.7 Å². The smallest absolute Gasteiger partial charge is 0.222 e. The highest BCUT2D eigenvalue weighted by molar-refractivity contribution is 6.30. The quantitative estimate of drug-likeness (QED) is 0.814. The van der Waals surface area contributed by atoms with Gasteiger partial charge < -0.3 is 4.90 Å². The molecule has 0 unspecified atom stereocenters. The first-order chi connectivity index (χ1) is 10.5. The SMILES string of the molecule is CC(C)n1cc(CN(C)C(=O)CCc2cccc(Cl)c2)cn1. The molecule has 0 saturated carbocycles. The Balaban J connectivity index is 1.86. The fourth-order valence-electron chi connectivity index (χ4n) is 2.24. The van der Waals surface area contributed by atoms with Crippen molar-refractivity contribution in [3.05, 3.63) is 52.8 Å². The molecule has 0 radical (unpaired) electrons. The molecule has 0 bridgehead atoms. The molecule has 4 nitrogen and oxygen atoms in total. The second-order valence-electron chi connectivity index (χ2n) is 5.80. The van der Waals surface area contributed by atoms with Crippen molar-refractivity contribution in [2.24, 2.45) is 0 Å². The maximum atomic E-state index is 12.2. The molecule has 2 rings (SSSR count). The lowest BCUT2D eigenvalue weighted by atomic mass is 10.1. The number of aryl methyl sites for hydroxylation is 1. The minimum absolute atomic E-state index is 0.122. The molecule has 5 heteroatoms. The van der Waals surface area contributed by atoms with E-state index >= 15 is 0 Å². The molecule has 2 aromatic rings. The number of carbonyl (C=O) groups excluding carboxylic acids is 1. The summed E-state index contributed by atoms with van der Waals surface area (Å²) in [5.74, 6) is 0.122. The van der Waals surface area contributed by atoms with Gasteiger partial charge >= 0.3 is 0 Å². The number of benzene rings is 1. The van der Waals surface area contributed by atoms with E-state index in [0.717, 1.165) is 11.1 Å². The third kappa shape index (κ3) is 4.60. The Morgan fingerprint density at radius 2 is 2.14 bits per heavy atom. The Kier molecular flexibility index (Phi) is 5.61. The van der Waals surface area contributed by atoms with Gasteiger partial charge in [0.2, 0.25) is 5.91 Å². The van der Waals surface area contributed by atoms with Crippen LogP contribution in [0.5, 0.6) is 0 Å². The first kappa shape index (κ1) is 16.6. The number of halogens is 1. The maximum Gasteiger partial charge on any atom is 0.222 e. The summed E-state index contributed by atoms with van der Waals surface area (Å²) in [6.45, 7) is 4.74. The number of hydrogen-bond acceptors (Lipinski definition) is 2. The highest BCUT2D eigenvalue weighted by atomic mass is 35.5. The fourth-order valence-corrected chi connectivity index (χ4v) is 2.45. The van der Waals surface area contributed by atoms with Gasteiger partial charge in [-0.15, -0.1) is 0 Å². The van der Waals surface area contributed by atoms with Gasteiger partial charge in [0.25, 0.3) is 0 Å². The molecule has 118 valence electrons. The van der Waals surface area contributed by atoms with E-state index in [0.29, 0.717) is 30.5 Å². The summed E-state index contributed by atoms with van der Waals surface area (Å²) < 4.78 is 1.90. The van der Waals surface area contributed by atoms with Gasteiger partial charge in [0.1, 0.15) is 0 Å². The molecular formula is C17H22ClN3O. The summed E-state index contributed by atoms with van der Waals surface area (Å²) in [5, 5.41) is 5.00. The van der Waals surface area contributed by atoms with Crippen LogP contribution in [0.25, 0.3) is 0 Å². The highest BCUT2D eigenvalue weighted by Gasteiger charge is 2.11. The number of aromatic nitrogens is 2. The molecule has 0 fully saturated rings. The van der Waals surface area contributed by atoms with Gasteiger partial charge in [-0.25, -0.2) is 0 Å². The lowest BCUT2D eigenvalue weighted by molar-refractivity contribution is -0.130. The number of nitrogens with zero attached hydrogens (tertiary/aromatic N) is 3. The van der Waals surface area contributed by atoms with Gasteiger partial charge in [0, 0.05) is 42.8 Å². The topological polar surface area (TPSA) is 38.1 Å². The van der Waals surface area contributed by atoms with E-state index in [4.69, 9.17) is 11.6 Å². The molecular weight excluding hydrogens is 298 g/mol. The van der Waals surface area contributed by atoms with Crippen LogP contribution in [0.2, 0.25) is 5.02 Å². The van der Waals surface area contributed by atoms with Crippen LogP contribution in [0, 0.1) is 0 Å². The van der Waals surface area contributed by atoms with Crippen molar-refractivity contribution in [1.29, 1.82) is 0 Å². The number of hydrogen-bond donors (Lipinski definition) is 0. The summed E-state index contributed by atoms with van der Waals surface area (Å²) in [6.07, 6.45) is 5.00. The van der Waals surface area contributed by atoms with E-state index in [9.17, 15) is 4.79 Å². The molecule has 0 atom stereocenters. The van der Waals surface area contributed by atoms with Crippen molar-refractivity contribution in [1.82, 2.24) is 14.7 Å². The minimum Gasteiger partial charge on any atom is -0.341 e. The van der Waals surface area contributed by atoms with Crippen LogP contribution < -0.4 is 0 Å². The van der Waals surface area contributed by atoms with E-state index in [1.54, 1.807) is 4.90 Å². The Morgan fingerprint density at radius 1 is 1.36 bits per heavy atom. The van der Waals surface area contributed by atoms with Gasteiger partial charge in [0.15, 0.2) is 0 Å². The van der Waals surface area contributed by atoms with Crippen molar-refractivity contribution in [2.45, 2.75) is 39.3 Å². The van der Waals surface area contributed by atoms with Crippen molar-refractivity contribution in [3.63, 3.8) is 0 Å². The molecule has 1 aromatic carbocycles. The van der Waals surface area contributed by atoms with Crippen molar-refractivity contribution in [2.75, 3.05) is 7.05 Å². The Bertz CT molecular complexity index is 636. The van der Waals surface area contributed by atoms with E-state index in [-0.39, 0.29) is 5.91 Å². The van der Waals surface area contributed by atoms with Crippen LogP contribution in [-0.2, 0) is 17.8 Å². The summed E-state index contributed by atoms with van der Waals surface area (Å²) in [5.41, 5.74) is 2.13. The fraction of sp³-hybridized carbons (Fsp3) is 0.412. The summed E-state index contributed by atoms with van der Waals surface area (Å²) in [6, 6.07) is 7.97. The van der Waals surface area contributed by atoms with Crippen molar-refractivity contribution >= 4 is 17.5 Å². The first-order valence-corrected chi connectivity index (χ1v) is 7.85. The van der Waals surface area contributed by atoms with Crippen LogP contribution in [0.1, 0.15) is 37.4 Å². The molecule has 1 heterocycles. The molecule has 0 aliphatic rings. The number of amides is 1. The molecule has 1 aromatic heterocycles. The first-order valence-electron chi connectivity index (χ1n) is 7.47. The predicted octanol–water partition coefficient (Wildman–Crippen LogP) is 3.71. The Labute approximate surface area is 136 Å². The molecule has 22 heavy (non-hydrogen) atoms. The summed E-state index contributed by atoms with van der Waals surface area (Å²) in [4.78, 5) is 14.0. The summed E-state index contributed by atoms with van der Waals surface area (Å²) in [7, 11) is 1.83. The van der Waals surface area contributed by atoms with Gasteiger partial charge in [0.05, 0.1) is 6.20 Å². The maximum absolute atomic E-state index is 12.2.